The Labute approximate surface area is 194 Å². The second kappa shape index (κ2) is 10.9. The summed E-state index contributed by atoms with van der Waals surface area (Å²) in [5.74, 6) is 0.202. The molecule has 4 heteroatoms. The molecule has 3 aromatic rings. The van der Waals surface area contributed by atoms with E-state index in [4.69, 9.17) is 0 Å². The number of ketones is 1. The number of aryl methyl sites for hydroxylation is 1. The van der Waals surface area contributed by atoms with E-state index in [9.17, 15) is 13.6 Å². The van der Waals surface area contributed by atoms with E-state index in [2.05, 4.69) is 29.9 Å². The summed E-state index contributed by atoms with van der Waals surface area (Å²) in [5.41, 5.74) is 6.49. The number of aromatic nitrogens is 1. The van der Waals surface area contributed by atoms with Crippen molar-refractivity contribution in [3.63, 3.8) is 0 Å². The molecule has 170 valence electrons. The average molecular weight is 446 g/mol. The van der Waals surface area contributed by atoms with Crippen LogP contribution < -0.4 is 0 Å². The summed E-state index contributed by atoms with van der Waals surface area (Å²) in [4.78, 5) is 11.2. The first-order chi connectivity index (χ1) is 15.8. The van der Waals surface area contributed by atoms with Gasteiger partial charge in [0.25, 0.3) is 6.43 Å². The number of hydrogen-bond acceptors (Lipinski definition) is 1. The molecule has 0 aliphatic heterocycles. The summed E-state index contributed by atoms with van der Waals surface area (Å²) in [6.07, 6.45) is 5.09. The van der Waals surface area contributed by atoms with Crippen LogP contribution in [0.25, 0.3) is 22.4 Å². The van der Waals surface area contributed by atoms with Gasteiger partial charge in [-0.3, -0.25) is 0 Å². The third-order valence-corrected chi connectivity index (χ3v) is 5.70. The Bertz CT molecular complexity index is 1180. The zero-order chi connectivity index (χ0) is 24.0. The second-order valence-electron chi connectivity index (χ2n) is 8.07. The summed E-state index contributed by atoms with van der Waals surface area (Å²) in [5, 5.41) is 0. The highest BCUT2D eigenvalue weighted by atomic mass is 19.3. The third kappa shape index (κ3) is 5.64. The fraction of sp³-hybridized carbons (Fsp3) is 0.207. The van der Waals surface area contributed by atoms with E-state index >= 15 is 0 Å². The molecular formula is C29H29F2NO. The molecule has 3 rings (SSSR count). The minimum Gasteiger partial charge on any atom is -0.313 e. The van der Waals surface area contributed by atoms with Crippen LogP contribution in [0.5, 0.6) is 0 Å². The summed E-state index contributed by atoms with van der Waals surface area (Å²) >= 11 is 0. The van der Waals surface area contributed by atoms with Crippen LogP contribution in [0.4, 0.5) is 8.78 Å². The predicted molar refractivity (Wildman–Crippen MR) is 133 cm³/mol. The molecule has 0 bridgehead atoms. The Morgan fingerprint density at radius 2 is 1.82 bits per heavy atom. The molecule has 0 amide bonds. The molecule has 0 aliphatic rings. The lowest BCUT2D eigenvalue weighted by Gasteiger charge is -2.14. The molecule has 0 unspecified atom stereocenters. The van der Waals surface area contributed by atoms with E-state index < -0.39 is 6.43 Å². The lowest BCUT2D eigenvalue weighted by molar-refractivity contribution is -0.117. The van der Waals surface area contributed by atoms with Gasteiger partial charge in [-0.1, -0.05) is 61.7 Å². The molecule has 0 saturated carbocycles. The van der Waals surface area contributed by atoms with Crippen LogP contribution in [0.1, 0.15) is 48.7 Å². The van der Waals surface area contributed by atoms with Gasteiger partial charge >= 0.3 is 0 Å². The topological polar surface area (TPSA) is 22.0 Å². The van der Waals surface area contributed by atoms with Crippen molar-refractivity contribution in [2.45, 2.75) is 39.5 Å². The zero-order valence-electron chi connectivity index (χ0n) is 19.2. The monoisotopic (exact) mass is 445 g/mol. The maximum atomic E-state index is 13.3. The normalized spacial score (nSPS) is 11.6. The number of hydrogen-bond donors (Lipinski definition) is 0. The van der Waals surface area contributed by atoms with Crippen molar-refractivity contribution in [1.29, 1.82) is 0 Å². The van der Waals surface area contributed by atoms with Gasteiger partial charge in [0.05, 0.1) is 5.69 Å². The van der Waals surface area contributed by atoms with Gasteiger partial charge in [-0.15, -0.1) is 0 Å². The summed E-state index contributed by atoms with van der Waals surface area (Å²) in [6, 6.07) is 16.8. The SMILES string of the molecule is C=C/C=C(\C=C)c1cc(-c2cccc(C(F)F)c2)c(C)n1-c1ccc(CCCC(C)=O)cc1. The number of rotatable bonds is 10. The van der Waals surface area contributed by atoms with E-state index in [0.29, 0.717) is 6.42 Å². The van der Waals surface area contributed by atoms with Crippen molar-refractivity contribution in [3.05, 3.63) is 108 Å². The quantitative estimate of drug-likeness (QED) is 0.289. The summed E-state index contributed by atoms with van der Waals surface area (Å²) < 4.78 is 28.7. The van der Waals surface area contributed by atoms with E-state index in [1.54, 1.807) is 31.2 Å². The van der Waals surface area contributed by atoms with Gasteiger partial charge in [-0.2, -0.15) is 0 Å². The van der Waals surface area contributed by atoms with E-state index in [1.807, 2.05) is 37.3 Å². The highest BCUT2D eigenvalue weighted by Crippen LogP contribution is 2.35. The molecular weight excluding hydrogens is 416 g/mol. The smallest absolute Gasteiger partial charge is 0.263 e. The van der Waals surface area contributed by atoms with Crippen LogP contribution in [0.2, 0.25) is 0 Å². The second-order valence-corrected chi connectivity index (χ2v) is 8.07. The fourth-order valence-corrected chi connectivity index (χ4v) is 4.02. The first kappa shape index (κ1) is 24.1. The molecule has 0 spiro atoms. The minimum atomic E-state index is -2.52. The van der Waals surface area contributed by atoms with Crippen molar-refractivity contribution < 1.29 is 13.6 Å². The molecule has 0 atom stereocenters. The number of halogens is 2. The van der Waals surface area contributed by atoms with Gasteiger partial charge in [-0.25, -0.2) is 8.78 Å². The molecule has 0 fully saturated rings. The van der Waals surface area contributed by atoms with Crippen molar-refractivity contribution in [2.75, 3.05) is 0 Å². The first-order valence-electron chi connectivity index (χ1n) is 11.0. The number of carbonyl (C=O) groups is 1. The van der Waals surface area contributed by atoms with Crippen molar-refractivity contribution in [1.82, 2.24) is 4.57 Å². The Morgan fingerprint density at radius 1 is 1.09 bits per heavy atom. The highest BCUT2D eigenvalue weighted by molar-refractivity contribution is 5.80. The van der Waals surface area contributed by atoms with Gasteiger partial charge < -0.3 is 9.36 Å². The summed E-state index contributed by atoms with van der Waals surface area (Å²) in [7, 11) is 0. The lowest BCUT2D eigenvalue weighted by atomic mass is 10.0. The molecule has 0 N–H and O–H groups in total. The molecule has 1 aromatic heterocycles. The highest BCUT2D eigenvalue weighted by Gasteiger charge is 2.18. The predicted octanol–water partition coefficient (Wildman–Crippen LogP) is 8.06. The van der Waals surface area contributed by atoms with Crippen LogP contribution in [-0.4, -0.2) is 10.4 Å². The summed E-state index contributed by atoms with van der Waals surface area (Å²) in [6.45, 7) is 11.4. The number of benzene rings is 2. The van der Waals surface area contributed by atoms with Gasteiger partial charge in [0.2, 0.25) is 0 Å². The Balaban J connectivity index is 2.09. The maximum absolute atomic E-state index is 13.3. The average Bonchev–Trinajstić information content (AvgIpc) is 3.14. The van der Waals surface area contributed by atoms with Crippen molar-refractivity contribution >= 4 is 11.4 Å². The van der Waals surface area contributed by atoms with Crippen molar-refractivity contribution in [3.8, 4) is 16.8 Å². The molecule has 1 heterocycles. The number of allylic oxidation sites excluding steroid dienone is 4. The molecule has 0 aliphatic carbocycles. The first-order valence-corrected chi connectivity index (χ1v) is 11.0. The molecule has 2 nitrogen and oxygen atoms in total. The van der Waals surface area contributed by atoms with Crippen LogP contribution in [0.3, 0.4) is 0 Å². The number of carbonyl (C=O) groups excluding carboxylic acids is 1. The molecule has 33 heavy (non-hydrogen) atoms. The van der Waals surface area contributed by atoms with Gasteiger partial charge in [0, 0.05) is 28.9 Å². The Morgan fingerprint density at radius 3 is 2.42 bits per heavy atom. The standard InChI is InChI=1S/C29H29F2NO/c1-5-9-23(6-2)28-19-27(24-12-8-13-25(18-24)29(30)31)21(4)32(28)26-16-14-22(15-17-26)11-7-10-20(3)33/h5-6,8-9,12-19,29H,1-2,7,10-11H2,3-4H3/b23-9+. The zero-order valence-corrected chi connectivity index (χ0v) is 19.2. The lowest BCUT2D eigenvalue weighted by Crippen LogP contribution is -2.02. The molecule has 0 saturated heterocycles. The number of nitrogens with zero attached hydrogens (tertiary/aromatic N) is 1. The fourth-order valence-electron chi connectivity index (χ4n) is 4.02. The van der Waals surface area contributed by atoms with Crippen LogP contribution in [0.15, 0.2) is 86.0 Å². The van der Waals surface area contributed by atoms with Crippen LogP contribution >= 0.6 is 0 Å². The van der Waals surface area contributed by atoms with Gasteiger partial charge in [-0.05, 0) is 67.7 Å². The van der Waals surface area contributed by atoms with E-state index in [1.165, 1.54) is 11.6 Å². The van der Waals surface area contributed by atoms with Crippen LogP contribution in [0, 0.1) is 6.92 Å². The Hall–Kier alpha value is -3.53. The van der Waals surface area contributed by atoms with E-state index in [-0.39, 0.29) is 11.3 Å². The number of alkyl halides is 2. The van der Waals surface area contributed by atoms with E-state index in [0.717, 1.165) is 46.6 Å². The third-order valence-electron chi connectivity index (χ3n) is 5.70. The Kier molecular flexibility index (Phi) is 7.94. The van der Waals surface area contributed by atoms with Gasteiger partial charge in [0.15, 0.2) is 0 Å². The molecule has 2 aromatic carbocycles. The largest absolute Gasteiger partial charge is 0.313 e. The van der Waals surface area contributed by atoms with Gasteiger partial charge in [0.1, 0.15) is 5.78 Å². The van der Waals surface area contributed by atoms with Crippen LogP contribution in [-0.2, 0) is 11.2 Å². The minimum absolute atomic E-state index is 0.00157. The maximum Gasteiger partial charge on any atom is 0.263 e. The number of Topliss-reactive ketones (excluding diaryl/α,β-unsaturated/α-hetero) is 1. The molecule has 0 radical (unpaired) electrons. The van der Waals surface area contributed by atoms with Crippen molar-refractivity contribution in [2.24, 2.45) is 0 Å².